The Morgan fingerprint density at radius 3 is 2.76 bits per heavy atom. The molecule has 3 heteroatoms. The van der Waals surface area contributed by atoms with Gasteiger partial charge in [0, 0.05) is 19.0 Å². The number of hydrogen-bond donors (Lipinski definition) is 0. The van der Waals surface area contributed by atoms with Crippen molar-refractivity contribution in [2.24, 2.45) is 11.8 Å². The van der Waals surface area contributed by atoms with Crippen molar-refractivity contribution in [3.05, 3.63) is 35.5 Å². The molecular weight excluding hydrogens is 262 g/mol. The molecule has 0 amide bonds. The van der Waals surface area contributed by atoms with Gasteiger partial charge in [0.15, 0.2) is 5.78 Å². The summed E-state index contributed by atoms with van der Waals surface area (Å²) in [5.41, 5.74) is 1.94. The SMILES string of the molecule is CC(C)COc1cccc(/C=C2/C(=O)C3CCN2CC3)c1. The molecule has 1 aromatic carbocycles. The van der Waals surface area contributed by atoms with Gasteiger partial charge >= 0.3 is 0 Å². The Morgan fingerprint density at radius 1 is 1.33 bits per heavy atom. The predicted octanol–water partition coefficient (Wildman–Crippen LogP) is 3.36. The van der Waals surface area contributed by atoms with Crippen LogP contribution in [-0.2, 0) is 4.79 Å². The Morgan fingerprint density at radius 2 is 2.10 bits per heavy atom. The number of piperidine rings is 3. The lowest BCUT2D eigenvalue weighted by molar-refractivity contribution is -0.125. The number of ether oxygens (including phenoxy) is 1. The van der Waals surface area contributed by atoms with Crippen molar-refractivity contribution in [3.63, 3.8) is 0 Å². The van der Waals surface area contributed by atoms with Crippen LogP contribution >= 0.6 is 0 Å². The number of rotatable bonds is 4. The fourth-order valence-corrected chi connectivity index (χ4v) is 3.02. The molecule has 3 heterocycles. The molecule has 0 saturated carbocycles. The van der Waals surface area contributed by atoms with Crippen LogP contribution < -0.4 is 4.74 Å². The van der Waals surface area contributed by atoms with Gasteiger partial charge < -0.3 is 9.64 Å². The third-order valence-electron chi connectivity index (χ3n) is 4.20. The lowest BCUT2D eigenvalue weighted by Crippen LogP contribution is -2.45. The maximum absolute atomic E-state index is 12.4. The van der Waals surface area contributed by atoms with E-state index >= 15 is 0 Å². The third kappa shape index (κ3) is 3.12. The van der Waals surface area contributed by atoms with Crippen molar-refractivity contribution in [2.45, 2.75) is 26.7 Å². The Kier molecular flexibility index (Phi) is 4.00. The minimum Gasteiger partial charge on any atom is -0.493 e. The summed E-state index contributed by atoms with van der Waals surface area (Å²) in [4.78, 5) is 14.6. The van der Waals surface area contributed by atoms with Crippen molar-refractivity contribution >= 4 is 11.9 Å². The molecule has 21 heavy (non-hydrogen) atoms. The van der Waals surface area contributed by atoms with Crippen molar-refractivity contribution < 1.29 is 9.53 Å². The summed E-state index contributed by atoms with van der Waals surface area (Å²) in [6.07, 6.45) is 4.07. The van der Waals surface area contributed by atoms with Gasteiger partial charge in [-0.05, 0) is 42.5 Å². The first-order valence-corrected chi connectivity index (χ1v) is 7.87. The van der Waals surface area contributed by atoms with E-state index in [1.54, 1.807) is 0 Å². The van der Waals surface area contributed by atoms with Crippen LogP contribution in [0.15, 0.2) is 30.0 Å². The summed E-state index contributed by atoms with van der Waals surface area (Å²) in [5, 5.41) is 0. The first kappa shape index (κ1) is 14.2. The molecule has 0 spiro atoms. The number of Topliss-reactive ketones (excluding diaryl/α,β-unsaturated/α-hetero) is 1. The second-order valence-electron chi connectivity index (χ2n) is 6.43. The van der Waals surface area contributed by atoms with E-state index in [1.165, 1.54) is 0 Å². The Balaban J connectivity index is 1.79. The zero-order valence-electron chi connectivity index (χ0n) is 12.8. The van der Waals surface area contributed by atoms with Crippen LogP contribution in [0.3, 0.4) is 0 Å². The highest BCUT2D eigenvalue weighted by Crippen LogP contribution is 2.32. The molecule has 0 radical (unpaired) electrons. The molecule has 3 aliphatic rings. The summed E-state index contributed by atoms with van der Waals surface area (Å²) in [7, 11) is 0. The van der Waals surface area contributed by atoms with Crippen molar-refractivity contribution in [3.8, 4) is 5.75 Å². The van der Waals surface area contributed by atoms with Crippen molar-refractivity contribution in [1.82, 2.24) is 4.90 Å². The molecule has 0 aromatic heterocycles. The van der Waals surface area contributed by atoms with Crippen LogP contribution in [0.4, 0.5) is 0 Å². The lowest BCUT2D eigenvalue weighted by atomic mass is 9.84. The van der Waals surface area contributed by atoms with Crippen LogP contribution in [0, 0.1) is 11.8 Å². The van der Waals surface area contributed by atoms with Crippen LogP contribution in [0.25, 0.3) is 6.08 Å². The lowest BCUT2D eigenvalue weighted by Gasteiger charge is -2.41. The van der Waals surface area contributed by atoms with Crippen molar-refractivity contribution in [1.29, 1.82) is 0 Å². The van der Waals surface area contributed by atoms with E-state index in [0.717, 1.165) is 42.9 Å². The number of allylic oxidation sites excluding steroid dienone is 1. The van der Waals surface area contributed by atoms with Gasteiger partial charge in [-0.15, -0.1) is 0 Å². The molecule has 2 bridgehead atoms. The first-order chi connectivity index (χ1) is 10.1. The highest BCUT2D eigenvalue weighted by atomic mass is 16.5. The van der Waals surface area contributed by atoms with Gasteiger partial charge in [-0.2, -0.15) is 0 Å². The normalized spacial score (nSPS) is 20.6. The van der Waals surface area contributed by atoms with Gasteiger partial charge in [0.1, 0.15) is 5.75 Å². The van der Waals surface area contributed by atoms with Crippen LogP contribution in [0.5, 0.6) is 5.75 Å². The number of hydrogen-bond acceptors (Lipinski definition) is 3. The zero-order chi connectivity index (χ0) is 14.8. The van der Waals surface area contributed by atoms with E-state index in [9.17, 15) is 4.79 Å². The summed E-state index contributed by atoms with van der Waals surface area (Å²) in [5.74, 6) is 1.96. The van der Waals surface area contributed by atoms with Crippen LogP contribution in [-0.4, -0.2) is 30.4 Å². The molecule has 0 atom stereocenters. The number of carbonyl (C=O) groups excluding carboxylic acids is 1. The highest BCUT2D eigenvalue weighted by molar-refractivity contribution is 6.01. The fraction of sp³-hybridized carbons (Fsp3) is 0.500. The number of nitrogens with zero attached hydrogens (tertiary/aromatic N) is 1. The second kappa shape index (κ2) is 5.92. The highest BCUT2D eigenvalue weighted by Gasteiger charge is 2.36. The van der Waals surface area contributed by atoms with Crippen molar-refractivity contribution in [2.75, 3.05) is 19.7 Å². The summed E-state index contributed by atoms with van der Waals surface area (Å²) < 4.78 is 5.76. The van der Waals surface area contributed by atoms with Gasteiger partial charge in [0.2, 0.25) is 0 Å². The average Bonchev–Trinajstić information content (AvgIpc) is 2.50. The smallest absolute Gasteiger partial charge is 0.182 e. The Bertz CT molecular complexity index is 554. The minimum absolute atomic E-state index is 0.252. The molecule has 112 valence electrons. The number of benzene rings is 1. The van der Waals surface area contributed by atoms with Gasteiger partial charge in [-0.3, -0.25) is 4.79 Å². The molecule has 1 aromatic rings. The predicted molar refractivity (Wildman–Crippen MR) is 84.1 cm³/mol. The molecular formula is C18H23NO2. The molecule has 3 nitrogen and oxygen atoms in total. The summed E-state index contributed by atoms with van der Waals surface area (Å²) in [6, 6.07) is 8.01. The first-order valence-electron chi connectivity index (χ1n) is 7.87. The fourth-order valence-electron chi connectivity index (χ4n) is 3.02. The van der Waals surface area contributed by atoms with Crippen LogP contribution in [0.2, 0.25) is 0 Å². The minimum atomic E-state index is 0.252. The molecule has 3 fully saturated rings. The maximum Gasteiger partial charge on any atom is 0.182 e. The molecule has 3 aliphatic heterocycles. The maximum atomic E-state index is 12.4. The summed E-state index contributed by atoms with van der Waals surface area (Å²) >= 11 is 0. The largest absolute Gasteiger partial charge is 0.493 e. The van der Waals surface area contributed by atoms with E-state index in [4.69, 9.17) is 4.74 Å². The standard InChI is InChI=1S/C18H23NO2/c1-13(2)12-21-16-5-3-4-14(10-16)11-17-18(20)15-6-8-19(17)9-7-15/h3-5,10-11,13,15H,6-9,12H2,1-2H3/b17-11-. The van der Waals surface area contributed by atoms with Gasteiger partial charge in [0.25, 0.3) is 0 Å². The molecule has 0 aliphatic carbocycles. The van der Waals surface area contributed by atoms with E-state index in [1.807, 2.05) is 30.3 Å². The molecule has 0 unspecified atom stereocenters. The Hall–Kier alpha value is -1.77. The summed E-state index contributed by atoms with van der Waals surface area (Å²) in [6.45, 7) is 7.03. The van der Waals surface area contributed by atoms with E-state index in [2.05, 4.69) is 18.7 Å². The number of carbonyl (C=O) groups is 1. The molecule has 4 rings (SSSR count). The number of fused-ring (bicyclic) bond motifs is 3. The topological polar surface area (TPSA) is 29.5 Å². The number of ketones is 1. The zero-order valence-corrected chi connectivity index (χ0v) is 12.8. The van der Waals surface area contributed by atoms with E-state index < -0.39 is 0 Å². The third-order valence-corrected chi connectivity index (χ3v) is 4.20. The van der Waals surface area contributed by atoms with E-state index in [-0.39, 0.29) is 5.92 Å². The van der Waals surface area contributed by atoms with Gasteiger partial charge in [-0.1, -0.05) is 26.0 Å². The quantitative estimate of drug-likeness (QED) is 0.795. The monoisotopic (exact) mass is 285 g/mol. The second-order valence-corrected chi connectivity index (χ2v) is 6.43. The Labute approximate surface area is 126 Å². The van der Waals surface area contributed by atoms with Gasteiger partial charge in [0.05, 0.1) is 12.3 Å². The molecule has 0 N–H and O–H groups in total. The van der Waals surface area contributed by atoms with E-state index in [0.29, 0.717) is 18.3 Å². The average molecular weight is 285 g/mol. The molecule has 3 saturated heterocycles. The van der Waals surface area contributed by atoms with Crippen LogP contribution in [0.1, 0.15) is 32.3 Å². The van der Waals surface area contributed by atoms with Gasteiger partial charge in [-0.25, -0.2) is 0 Å².